The second-order valence-electron chi connectivity index (χ2n) is 6.34. The van der Waals surface area contributed by atoms with Gasteiger partial charge in [0, 0.05) is 29.5 Å². The zero-order valence-electron chi connectivity index (χ0n) is 14.7. The molecule has 0 spiro atoms. The molecule has 0 bridgehead atoms. The maximum Gasteiger partial charge on any atom is 0.502 e. The Morgan fingerprint density at radius 3 is 2.59 bits per heavy atom. The first-order valence-electron chi connectivity index (χ1n) is 8.55. The van der Waals surface area contributed by atoms with E-state index in [-0.39, 0.29) is 6.54 Å². The number of ether oxygens (including phenoxy) is 1. The molecular weight excluding hydrogens is 351 g/mol. The van der Waals surface area contributed by atoms with Crippen molar-refractivity contribution in [2.75, 3.05) is 25.1 Å². The number of nitrogens with zero attached hydrogens (tertiary/aromatic N) is 4. The molecule has 0 aliphatic carbocycles. The van der Waals surface area contributed by atoms with Gasteiger partial charge in [0.15, 0.2) is 0 Å². The maximum atomic E-state index is 13.4. The molecule has 8 heteroatoms. The molecule has 2 amide bonds. The number of carbonyl (C=O) groups is 2. The van der Waals surface area contributed by atoms with Crippen molar-refractivity contribution in [2.45, 2.75) is 12.8 Å². The van der Waals surface area contributed by atoms with Crippen LogP contribution in [-0.2, 0) is 16.1 Å². The monoisotopic (exact) mass is 369 g/mol. The summed E-state index contributed by atoms with van der Waals surface area (Å²) in [6.45, 7) is 1.02. The van der Waals surface area contributed by atoms with E-state index >= 15 is 0 Å². The minimum Gasteiger partial charge on any atom is -0.497 e. The average molecular weight is 369 g/mol. The van der Waals surface area contributed by atoms with Crippen LogP contribution in [0.1, 0.15) is 5.56 Å². The summed E-state index contributed by atoms with van der Waals surface area (Å²) in [6, 6.07) is 13.3. The summed E-state index contributed by atoms with van der Waals surface area (Å²) in [7, 11) is 1.59. The highest BCUT2D eigenvalue weighted by atomic mass is 19.1. The van der Waals surface area contributed by atoms with Gasteiger partial charge in [0.05, 0.1) is 7.11 Å². The Hall–Kier alpha value is -3.29. The summed E-state index contributed by atoms with van der Waals surface area (Å²) in [6.07, 6.45) is -0.600. The van der Waals surface area contributed by atoms with E-state index in [1.807, 2.05) is 29.2 Å². The van der Waals surface area contributed by atoms with Gasteiger partial charge < -0.3 is 9.64 Å². The van der Waals surface area contributed by atoms with Crippen molar-refractivity contribution < 1.29 is 23.4 Å². The maximum absolute atomic E-state index is 13.4. The van der Waals surface area contributed by atoms with Crippen molar-refractivity contribution in [3.05, 3.63) is 59.9 Å². The minimum atomic E-state index is -0.702. The van der Waals surface area contributed by atoms with Crippen molar-refractivity contribution in [3.8, 4) is 5.75 Å². The lowest BCUT2D eigenvalue weighted by atomic mass is 10.2. The molecule has 2 aliphatic rings. The van der Waals surface area contributed by atoms with E-state index in [9.17, 15) is 14.0 Å². The molecule has 4 rings (SSSR count). The van der Waals surface area contributed by atoms with Crippen molar-refractivity contribution in [1.29, 1.82) is 0 Å². The second-order valence-corrected chi connectivity index (χ2v) is 6.34. The lowest BCUT2D eigenvalue weighted by Crippen LogP contribution is -2.51. The fraction of sp³-hybridized carbons (Fsp3) is 0.263. The van der Waals surface area contributed by atoms with Crippen molar-refractivity contribution in [3.63, 3.8) is 0 Å². The molecular formula is C19H18FN4O3+. The van der Waals surface area contributed by atoms with Gasteiger partial charge in [-0.25, -0.2) is 9.18 Å². The van der Waals surface area contributed by atoms with Crippen molar-refractivity contribution in [2.24, 2.45) is 5.11 Å². The number of anilines is 1. The number of fused-ring (bicyclic) bond motifs is 1. The lowest BCUT2D eigenvalue weighted by molar-refractivity contribution is -0.534. The topological polar surface area (TPSA) is 65.2 Å². The molecule has 0 N–H and O–H groups in total. The minimum absolute atomic E-state index is 0.0448. The van der Waals surface area contributed by atoms with Gasteiger partial charge in [0.25, 0.3) is 6.29 Å². The largest absolute Gasteiger partial charge is 0.502 e. The summed E-state index contributed by atoms with van der Waals surface area (Å²) in [5.41, 5.74) is 1.45. The lowest BCUT2D eigenvalue weighted by Gasteiger charge is -2.27. The van der Waals surface area contributed by atoms with Crippen LogP contribution in [0.25, 0.3) is 0 Å². The van der Waals surface area contributed by atoms with Gasteiger partial charge in [-0.15, -0.1) is 0 Å². The molecule has 0 saturated carbocycles. The number of halogens is 1. The zero-order valence-corrected chi connectivity index (χ0v) is 14.7. The molecule has 2 aliphatic heterocycles. The van der Waals surface area contributed by atoms with Gasteiger partial charge in [-0.2, -0.15) is 0 Å². The number of benzene rings is 2. The Morgan fingerprint density at radius 2 is 1.89 bits per heavy atom. The van der Waals surface area contributed by atoms with E-state index in [0.717, 1.165) is 16.1 Å². The predicted octanol–water partition coefficient (Wildman–Crippen LogP) is 1.97. The van der Waals surface area contributed by atoms with Gasteiger partial charge in [-0.1, -0.05) is 12.1 Å². The Balaban J connectivity index is 1.64. The number of rotatable bonds is 4. The SMILES string of the molecule is COc1ccc(N2CCN3C(=O)C(=O)[N+](Cc4cccc(F)c4)=NC32)cc1. The molecule has 1 unspecified atom stereocenters. The Morgan fingerprint density at radius 1 is 1.15 bits per heavy atom. The van der Waals surface area contributed by atoms with E-state index < -0.39 is 23.9 Å². The third-order valence-electron chi connectivity index (χ3n) is 4.69. The van der Waals surface area contributed by atoms with E-state index in [2.05, 4.69) is 5.11 Å². The van der Waals surface area contributed by atoms with Crippen LogP contribution in [-0.4, -0.2) is 47.9 Å². The normalized spacial score (nSPS) is 19.2. The van der Waals surface area contributed by atoms with Crippen LogP contribution in [0.3, 0.4) is 0 Å². The first-order valence-corrected chi connectivity index (χ1v) is 8.55. The summed E-state index contributed by atoms with van der Waals surface area (Å²) in [4.78, 5) is 28.3. The highest BCUT2D eigenvalue weighted by Crippen LogP contribution is 2.28. The molecule has 0 radical (unpaired) electrons. The van der Waals surface area contributed by atoms with Crippen molar-refractivity contribution in [1.82, 2.24) is 4.90 Å². The van der Waals surface area contributed by atoms with Gasteiger partial charge in [0.1, 0.15) is 11.6 Å². The Bertz CT molecular complexity index is 929. The first-order chi connectivity index (χ1) is 13.1. The molecule has 7 nitrogen and oxygen atoms in total. The van der Waals surface area contributed by atoms with Crippen LogP contribution in [0.2, 0.25) is 0 Å². The molecule has 1 saturated heterocycles. The van der Waals surface area contributed by atoms with E-state index in [4.69, 9.17) is 4.74 Å². The standard InChI is InChI=1S/C19H18FN4O3/c1-27-16-7-5-15(6-8-16)22-9-10-23-17(25)18(26)24(21-19(22)23)12-13-3-2-4-14(20)11-13/h2-8,11,19H,9-10,12H2,1H3/q+1. The van der Waals surface area contributed by atoms with Gasteiger partial charge in [-0.05, 0) is 41.1 Å². The number of hydrogen-bond donors (Lipinski definition) is 0. The summed E-state index contributed by atoms with van der Waals surface area (Å²) < 4.78 is 19.7. The highest BCUT2D eigenvalue weighted by molar-refractivity contribution is 6.31. The number of amides is 2. The van der Waals surface area contributed by atoms with Crippen LogP contribution in [0.4, 0.5) is 10.1 Å². The smallest absolute Gasteiger partial charge is 0.497 e. The summed E-state index contributed by atoms with van der Waals surface area (Å²) in [5.74, 6) is -0.963. The molecule has 2 aromatic rings. The fourth-order valence-electron chi connectivity index (χ4n) is 3.31. The fourth-order valence-corrected chi connectivity index (χ4v) is 3.31. The third-order valence-corrected chi connectivity index (χ3v) is 4.69. The molecule has 27 heavy (non-hydrogen) atoms. The first kappa shape index (κ1) is 17.1. The van der Waals surface area contributed by atoms with Crippen LogP contribution in [0, 0.1) is 5.82 Å². The van der Waals surface area contributed by atoms with E-state index in [0.29, 0.717) is 18.7 Å². The van der Waals surface area contributed by atoms with Gasteiger partial charge >= 0.3 is 11.8 Å². The zero-order chi connectivity index (χ0) is 19.0. The summed E-state index contributed by atoms with van der Waals surface area (Å²) in [5, 5.41) is 4.46. The molecule has 2 aromatic carbocycles. The Labute approximate surface area is 155 Å². The summed E-state index contributed by atoms with van der Waals surface area (Å²) >= 11 is 0. The molecule has 1 atom stereocenters. The molecule has 2 heterocycles. The molecule has 1 fully saturated rings. The van der Waals surface area contributed by atoms with Crippen molar-refractivity contribution >= 4 is 17.5 Å². The van der Waals surface area contributed by atoms with Crippen LogP contribution in [0.15, 0.2) is 53.6 Å². The van der Waals surface area contributed by atoms with E-state index in [1.54, 1.807) is 19.2 Å². The second kappa shape index (κ2) is 6.79. The third kappa shape index (κ3) is 3.14. The molecule has 0 aromatic heterocycles. The highest BCUT2D eigenvalue weighted by Gasteiger charge is 2.49. The number of carbonyl (C=O) groups excluding carboxylic acids is 2. The number of methoxy groups -OCH3 is 1. The van der Waals surface area contributed by atoms with Crippen LogP contribution >= 0.6 is 0 Å². The van der Waals surface area contributed by atoms with Gasteiger partial charge in [0.2, 0.25) is 6.54 Å². The predicted molar refractivity (Wildman–Crippen MR) is 93.6 cm³/mol. The average Bonchev–Trinajstić information content (AvgIpc) is 3.10. The Kier molecular flexibility index (Phi) is 4.31. The number of azo groups is 2. The van der Waals surface area contributed by atoms with Crippen LogP contribution < -0.4 is 9.64 Å². The molecule has 138 valence electrons. The number of hydrogen-bond acceptors (Lipinski definition) is 5. The van der Waals surface area contributed by atoms with E-state index in [1.165, 1.54) is 17.0 Å². The van der Waals surface area contributed by atoms with Crippen LogP contribution in [0.5, 0.6) is 5.75 Å². The quantitative estimate of drug-likeness (QED) is 0.611. The van der Waals surface area contributed by atoms with Gasteiger partial charge in [-0.3, -0.25) is 9.69 Å².